The summed E-state index contributed by atoms with van der Waals surface area (Å²) in [4.78, 5) is 28.5. The minimum atomic E-state index is 0.0574. The summed E-state index contributed by atoms with van der Waals surface area (Å²) in [6, 6.07) is 10.1. The van der Waals surface area contributed by atoms with Gasteiger partial charge in [0.05, 0.1) is 18.2 Å². The molecule has 1 unspecified atom stereocenters. The zero-order valence-corrected chi connectivity index (χ0v) is 15.6. The molecule has 4 rings (SSSR count). The van der Waals surface area contributed by atoms with E-state index in [1.54, 1.807) is 6.07 Å². The van der Waals surface area contributed by atoms with Crippen LogP contribution < -0.4 is 0 Å². The van der Waals surface area contributed by atoms with E-state index in [4.69, 9.17) is 4.42 Å². The Kier molecular flexibility index (Phi) is 5.28. The molecule has 1 atom stereocenters. The van der Waals surface area contributed by atoms with Gasteiger partial charge in [0.1, 0.15) is 6.26 Å². The van der Waals surface area contributed by atoms with Crippen molar-refractivity contribution in [2.75, 3.05) is 26.2 Å². The molecule has 5 nitrogen and oxygen atoms in total. The topological polar surface area (TPSA) is 53.8 Å². The smallest absolute Gasteiger partial charge is 0.257 e. The minimum Gasteiger partial charge on any atom is -0.472 e. The van der Waals surface area contributed by atoms with Gasteiger partial charge in [0, 0.05) is 26.2 Å². The molecule has 5 heteroatoms. The third-order valence-electron chi connectivity index (χ3n) is 5.70. The van der Waals surface area contributed by atoms with Crippen molar-refractivity contribution in [1.82, 2.24) is 9.80 Å². The molecule has 0 spiro atoms. The van der Waals surface area contributed by atoms with Crippen molar-refractivity contribution in [2.45, 2.75) is 32.1 Å². The molecule has 142 valence electrons. The number of hydrogen-bond donors (Lipinski definition) is 0. The van der Waals surface area contributed by atoms with Crippen LogP contribution in [-0.2, 0) is 17.6 Å². The highest BCUT2D eigenvalue weighted by atomic mass is 16.3. The molecule has 2 aliphatic heterocycles. The maximum Gasteiger partial charge on any atom is 0.257 e. The molecule has 27 heavy (non-hydrogen) atoms. The average molecular weight is 366 g/mol. The van der Waals surface area contributed by atoms with Gasteiger partial charge in [-0.05, 0) is 48.8 Å². The van der Waals surface area contributed by atoms with Gasteiger partial charge in [0.2, 0.25) is 5.91 Å². The predicted octanol–water partition coefficient (Wildman–Crippen LogP) is 3.15. The Morgan fingerprint density at radius 2 is 1.70 bits per heavy atom. The molecule has 0 saturated carbocycles. The summed E-state index contributed by atoms with van der Waals surface area (Å²) >= 11 is 0. The van der Waals surface area contributed by atoms with Crippen LogP contribution in [0.5, 0.6) is 0 Å². The second-order valence-electron chi connectivity index (χ2n) is 7.70. The summed E-state index contributed by atoms with van der Waals surface area (Å²) in [5.74, 6) is 0.782. The van der Waals surface area contributed by atoms with Crippen LogP contribution in [0.4, 0.5) is 0 Å². The Morgan fingerprint density at radius 1 is 0.963 bits per heavy atom. The molecule has 0 radical (unpaired) electrons. The highest BCUT2D eigenvalue weighted by molar-refractivity contribution is 5.94. The van der Waals surface area contributed by atoms with Crippen molar-refractivity contribution in [2.24, 2.45) is 5.92 Å². The zero-order chi connectivity index (χ0) is 18.6. The molecule has 0 bridgehead atoms. The first kappa shape index (κ1) is 17.8. The third-order valence-corrected chi connectivity index (χ3v) is 5.70. The second-order valence-corrected chi connectivity index (χ2v) is 7.70. The number of carbonyl (C=O) groups is 2. The Morgan fingerprint density at radius 3 is 2.41 bits per heavy atom. The van der Waals surface area contributed by atoms with Crippen molar-refractivity contribution in [3.05, 3.63) is 59.5 Å². The van der Waals surface area contributed by atoms with E-state index in [0.29, 0.717) is 17.9 Å². The molecule has 1 aromatic heterocycles. The Balaban J connectivity index is 1.28. The van der Waals surface area contributed by atoms with Crippen LogP contribution in [0, 0.1) is 5.92 Å². The van der Waals surface area contributed by atoms with Crippen LogP contribution in [0.1, 0.15) is 40.7 Å². The molecule has 0 aliphatic carbocycles. The lowest BCUT2D eigenvalue weighted by atomic mass is 9.97. The fourth-order valence-corrected chi connectivity index (χ4v) is 4.13. The lowest BCUT2D eigenvalue weighted by Crippen LogP contribution is -2.29. The van der Waals surface area contributed by atoms with Crippen molar-refractivity contribution < 1.29 is 14.0 Å². The fourth-order valence-electron chi connectivity index (χ4n) is 4.13. The molecule has 2 aliphatic rings. The maximum atomic E-state index is 12.4. The van der Waals surface area contributed by atoms with Gasteiger partial charge in [-0.1, -0.05) is 24.3 Å². The molecule has 0 N–H and O–H groups in total. The Hall–Kier alpha value is -2.56. The molecule has 3 heterocycles. The van der Waals surface area contributed by atoms with Crippen LogP contribution in [0.25, 0.3) is 0 Å². The number of nitrogens with zero attached hydrogens (tertiary/aromatic N) is 2. The van der Waals surface area contributed by atoms with Crippen LogP contribution >= 0.6 is 0 Å². The first-order valence-electron chi connectivity index (χ1n) is 9.86. The highest BCUT2D eigenvalue weighted by Crippen LogP contribution is 2.23. The van der Waals surface area contributed by atoms with Gasteiger partial charge < -0.3 is 14.2 Å². The van der Waals surface area contributed by atoms with E-state index in [1.807, 2.05) is 9.80 Å². The fraction of sp³-hybridized carbons (Fsp3) is 0.455. The summed E-state index contributed by atoms with van der Waals surface area (Å²) in [6.45, 7) is 3.41. The number of rotatable bonds is 5. The third kappa shape index (κ3) is 4.24. The van der Waals surface area contributed by atoms with Gasteiger partial charge in [0.25, 0.3) is 5.91 Å². The SMILES string of the molecule is O=C(Cc1ccc(CC2CCN(C(=O)c3ccoc3)C2)cc1)N1CCCC1. The molecule has 2 saturated heterocycles. The van der Waals surface area contributed by atoms with Gasteiger partial charge in [-0.15, -0.1) is 0 Å². The van der Waals surface area contributed by atoms with Crippen molar-refractivity contribution >= 4 is 11.8 Å². The Labute approximate surface area is 159 Å². The quantitative estimate of drug-likeness (QED) is 0.817. The highest BCUT2D eigenvalue weighted by Gasteiger charge is 2.27. The van der Waals surface area contributed by atoms with E-state index in [0.717, 1.165) is 57.4 Å². The number of carbonyl (C=O) groups excluding carboxylic acids is 2. The first-order chi connectivity index (χ1) is 13.2. The Bertz CT molecular complexity index is 776. The number of amides is 2. The summed E-state index contributed by atoms with van der Waals surface area (Å²) in [7, 11) is 0. The summed E-state index contributed by atoms with van der Waals surface area (Å²) in [5.41, 5.74) is 2.98. The molecular formula is C22H26N2O3. The standard InChI is InChI=1S/C22H26N2O3/c25-21(23-9-1-2-10-23)14-18-5-3-17(4-6-18)13-19-7-11-24(15-19)22(26)20-8-12-27-16-20/h3-6,8,12,16,19H,1-2,7,9-11,13-15H2. The van der Waals surface area contributed by atoms with Gasteiger partial charge >= 0.3 is 0 Å². The molecule has 1 aromatic carbocycles. The van der Waals surface area contributed by atoms with Gasteiger partial charge in [-0.3, -0.25) is 9.59 Å². The van der Waals surface area contributed by atoms with Gasteiger partial charge in [-0.25, -0.2) is 0 Å². The monoisotopic (exact) mass is 366 g/mol. The van der Waals surface area contributed by atoms with E-state index in [9.17, 15) is 9.59 Å². The number of benzene rings is 1. The lowest BCUT2D eigenvalue weighted by molar-refractivity contribution is -0.129. The normalized spacial score (nSPS) is 19.6. The molecule has 2 fully saturated rings. The van der Waals surface area contributed by atoms with Crippen LogP contribution in [-0.4, -0.2) is 47.8 Å². The van der Waals surface area contributed by atoms with Crippen molar-refractivity contribution in [3.63, 3.8) is 0 Å². The zero-order valence-electron chi connectivity index (χ0n) is 15.6. The summed E-state index contributed by atoms with van der Waals surface area (Å²) in [6.07, 6.45) is 7.80. The summed E-state index contributed by atoms with van der Waals surface area (Å²) in [5, 5.41) is 0. The van der Waals surface area contributed by atoms with E-state index in [-0.39, 0.29) is 11.8 Å². The second kappa shape index (κ2) is 7.99. The van der Waals surface area contributed by atoms with E-state index < -0.39 is 0 Å². The number of hydrogen-bond acceptors (Lipinski definition) is 3. The first-order valence-corrected chi connectivity index (χ1v) is 9.86. The van der Waals surface area contributed by atoms with Crippen LogP contribution in [0.15, 0.2) is 47.3 Å². The maximum absolute atomic E-state index is 12.4. The van der Waals surface area contributed by atoms with Crippen molar-refractivity contribution in [1.29, 1.82) is 0 Å². The molecule has 2 aromatic rings. The number of furan rings is 1. The van der Waals surface area contributed by atoms with Crippen LogP contribution in [0.3, 0.4) is 0 Å². The molecule has 2 amide bonds. The number of likely N-dealkylation sites (tertiary alicyclic amines) is 2. The minimum absolute atomic E-state index is 0.0574. The summed E-state index contributed by atoms with van der Waals surface area (Å²) < 4.78 is 5.01. The largest absolute Gasteiger partial charge is 0.472 e. The van der Waals surface area contributed by atoms with Gasteiger partial charge in [0.15, 0.2) is 0 Å². The molecular weight excluding hydrogens is 340 g/mol. The van der Waals surface area contributed by atoms with Crippen molar-refractivity contribution in [3.8, 4) is 0 Å². The lowest BCUT2D eigenvalue weighted by Gasteiger charge is -2.16. The van der Waals surface area contributed by atoms with E-state index in [1.165, 1.54) is 18.1 Å². The van der Waals surface area contributed by atoms with Crippen LogP contribution in [0.2, 0.25) is 0 Å². The van der Waals surface area contributed by atoms with E-state index in [2.05, 4.69) is 24.3 Å². The van der Waals surface area contributed by atoms with E-state index >= 15 is 0 Å². The average Bonchev–Trinajstić information content (AvgIpc) is 3.44. The van der Waals surface area contributed by atoms with Gasteiger partial charge in [-0.2, -0.15) is 0 Å². The predicted molar refractivity (Wildman–Crippen MR) is 102 cm³/mol.